The molecule has 0 unspecified atom stereocenters. The van der Waals surface area contributed by atoms with Crippen LogP contribution in [0, 0.1) is 6.92 Å². The fourth-order valence-corrected chi connectivity index (χ4v) is 2.66. The number of hydrogen-bond acceptors (Lipinski definition) is 7. The van der Waals surface area contributed by atoms with Crippen molar-refractivity contribution in [3.63, 3.8) is 0 Å². The van der Waals surface area contributed by atoms with E-state index >= 15 is 0 Å². The lowest BCUT2D eigenvalue weighted by molar-refractivity contribution is 0.102. The Hall–Kier alpha value is -3.82. The molecule has 0 spiro atoms. The summed E-state index contributed by atoms with van der Waals surface area (Å²) < 4.78 is 3.22. The standard InChI is InChI=1S/C17H17N9O/c1-11-6-15-21-13(8-16(24(2)3)26(15)23-11)22-17(27)12-4-5-19-14(7-12)25-10-18-9-20-25/h4-10H,1-3H3,(H,21,22,27). The fourth-order valence-electron chi connectivity index (χ4n) is 2.66. The lowest BCUT2D eigenvalue weighted by Gasteiger charge is -2.15. The van der Waals surface area contributed by atoms with Crippen molar-refractivity contribution in [2.45, 2.75) is 6.92 Å². The van der Waals surface area contributed by atoms with Gasteiger partial charge in [0.2, 0.25) is 0 Å². The van der Waals surface area contributed by atoms with Crippen LogP contribution in [0.2, 0.25) is 0 Å². The Morgan fingerprint density at radius 3 is 2.81 bits per heavy atom. The number of pyridine rings is 1. The maximum absolute atomic E-state index is 12.7. The van der Waals surface area contributed by atoms with E-state index in [0.717, 1.165) is 11.5 Å². The maximum Gasteiger partial charge on any atom is 0.257 e. The first kappa shape index (κ1) is 16.6. The molecule has 4 rings (SSSR count). The third-order valence-electron chi connectivity index (χ3n) is 3.89. The van der Waals surface area contributed by atoms with Crippen molar-refractivity contribution >= 4 is 23.2 Å². The van der Waals surface area contributed by atoms with Crippen molar-refractivity contribution in [1.29, 1.82) is 0 Å². The van der Waals surface area contributed by atoms with Crippen LogP contribution in [0.4, 0.5) is 11.6 Å². The largest absolute Gasteiger partial charge is 0.363 e. The molecule has 10 heteroatoms. The summed E-state index contributed by atoms with van der Waals surface area (Å²) >= 11 is 0. The zero-order chi connectivity index (χ0) is 19.0. The van der Waals surface area contributed by atoms with E-state index in [4.69, 9.17) is 0 Å². The second-order valence-corrected chi connectivity index (χ2v) is 6.15. The normalized spacial score (nSPS) is 10.9. The molecule has 0 fully saturated rings. The summed E-state index contributed by atoms with van der Waals surface area (Å²) in [5.41, 5.74) is 1.95. The molecule has 0 bridgehead atoms. The Balaban J connectivity index is 1.66. The van der Waals surface area contributed by atoms with Gasteiger partial charge in [0.1, 0.15) is 24.3 Å². The summed E-state index contributed by atoms with van der Waals surface area (Å²) in [6.07, 6.45) is 4.48. The van der Waals surface area contributed by atoms with Crippen LogP contribution in [-0.2, 0) is 0 Å². The third kappa shape index (κ3) is 3.19. The van der Waals surface area contributed by atoms with E-state index in [2.05, 4.69) is 30.5 Å². The molecule has 4 aromatic rings. The van der Waals surface area contributed by atoms with Crippen molar-refractivity contribution in [3.8, 4) is 5.82 Å². The predicted molar refractivity (Wildman–Crippen MR) is 99.2 cm³/mol. The van der Waals surface area contributed by atoms with E-state index in [1.807, 2.05) is 32.0 Å². The summed E-state index contributed by atoms with van der Waals surface area (Å²) in [7, 11) is 3.81. The molecule has 0 aliphatic carbocycles. The highest BCUT2D eigenvalue weighted by molar-refractivity contribution is 6.04. The first-order valence-corrected chi connectivity index (χ1v) is 8.18. The van der Waals surface area contributed by atoms with Crippen LogP contribution in [0.1, 0.15) is 16.1 Å². The molecule has 4 aromatic heterocycles. The van der Waals surface area contributed by atoms with E-state index in [1.165, 1.54) is 17.3 Å². The summed E-state index contributed by atoms with van der Waals surface area (Å²) in [4.78, 5) is 27.2. The molecule has 0 aliphatic rings. The number of carbonyl (C=O) groups is 1. The number of rotatable bonds is 4. The third-order valence-corrected chi connectivity index (χ3v) is 3.89. The molecule has 27 heavy (non-hydrogen) atoms. The number of nitrogens with one attached hydrogen (secondary N) is 1. The smallest absolute Gasteiger partial charge is 0.257 e. The minimum absolute atomic E-state index is 0.295. The quantitative estimate of drug-likeness (QED) is 0.583. The number of fused-ring (bicyclic) bond motifs is 1. The Labute approximate surface area is 154 Å². The van der Waals surface area contributed by atoms with Gasteiger partial charge in [0, 0.05) is 38.0 Å². The maximum atomic E-state index is 12.7. The second kappa shape index (κ2) is 6.48. The van der Waals surface area contributed by atoms with Crippen LogP contribution in [0.3, 0.4) is 0 Å². The molecule has 0 saturated heterocycles. The molecule has 10 nitrogen and oxygen atoms in total. The first-order chi connectivity index (χ1) is 13.0. The Kier molecular flexibility index (Phi) is 3.99. The summed E-state index contributed by atoms with van der Waals surface area (Å²) in [5.74, 6) is 1.46. The molecular formula is C17H17N9O. The Morgan fingerprint density at radius 2 is 2.07 bits per heavy atom. The van der Waals surface area contributed by atoms with E-state index in [-0.39, 0.29) is 5.91 Å². The van der Waals surface area contributed by atoms with Crippen LogP contribution in [0.25, 0.3) is 11.5 Å². The van der Waals surface area contributed by atoms with E-state index < -0.39 is 0 Å². The minimum Gasteiger partial charge on any atom is -0.363 e. The molecule has 0 radical (unpaired) electrons. The lowest BCUT2D eigenvalue weighted by atomic mass is 10.2. The molecule has 0 aliphatic heterocycles. The van der Waals surface area contributed by atoms with Crippen molar-refractivity contribution in [2.24, 2.45) is 0 Å². The van der Waals surface area contributed by atoms with E-state index in [0.29, 0.717) is 22.8 Å². The molecule has 1 N–H and O–H groups in total. The molecule has 4 heterocycles. The molecule has 0 aromatic carbocycles. The number of aryl methyl sites for hydroxylation is 1. The average Bonchev–Trinajstić information content (AvgIpc) is 3.29. The number of nitrogens with zero attached hydrogens (tertiary/aromatic N) is 8. The number of anilines is 2. The molecular weight excluding hydrogens is 346 g/mol. The minimum atomic E-state index is -0.295. The Morgan fingerprint density at radius 1 is 1.22 bits per heavy atom. The van der Waals surface area contributed by atoms with Crippen LogP contribution < -0.4 is 10.2 Å². The number of carbonyl (C=O) groups excluding carboxylic acids is 1. The van der Waals surface area contributed by atoms with Gasteiger partial charge < -0.3 is 10.2 Å². The molecule has 1 amide bonds. The molecule has 0 atom stereocenters. The Bertz CT molecular complexity index is 1110. The summed E-state index contributed by atoms with van der Waals surface area (Å²) in [6, 6.07) is 6.90. The summed E-state index contributed by atoms with van der Waals surface area (Å²) in [5, 5.41) is 11.3. The predicted octanol–water partition coefficient (Wildman–Crippen LogP) is 1.33. The topological polar surface area (TPSA) is 106 Å². The van der Waals surface area contributed by atoms with Crippen molar-refractivity contribution in [2.75, 3.05) is 24.3 Å². The van der Waals surface area contributed by atoms with Crippen LogP contribution in [0.15, 0.2) is 43.1 Å². The van der Waals surface area contributed by atoms with Gasteiger partial charge in [-0.2, -0.15) is 14.7 Å². The second-order valence-electron chi connectivity index (χ2n) is 6.15. The van der Waals surface area contributed by atoms with Gasteiger partial charge in [-0.25, -0.2) is 19.6 Å². The van der Waals surface area contributed by atoms with E-state index in [9.17, 15) is 4.79 Å². The fraction of sp³-hybridized carbons (Fsp3) is 0.176. The van der Waals surface area contributed by atoms with Gasteiger partial charge in [0.25, 0.3) is 5.91 Å². The van der Waals surface area contributed by atoms with Gasteiger partial charge in [0.15, 0.2) is 11.5 Å². The van der Waals surface area contributed by atoms with Gasteiger partial charge in [-0.1, -0.05) is 0 Å². The monoisotopic (exact) mass is 363 g/mol. The van der Waals surface area contributed by atoms with Gasteiger partial charge in [0.05, 0.1) is 5.69 Å². The van der Waals surface area contributed by atoms with E-state index in [1.54, 1.807) is 28.9 Å². The molecule has 0 saturated carbocycles. The highest BCUT2D eigenvalue weighted by atomic mass is 16.1. The highest BCUT2D eigenvalue weighted by Gasteiger charge is 2.13. The van der Waals surface area contributed by atoms with Gasteiger partial charge in [-0.05, 0) is 19.1 Å². The average molecular weight is 363 g/mol. The summed E-state index contributed by atoms with van der Waals surface area (Å²) in [6.45, 7) is 1.90. The lowest BCUT2D eigenvalue weighted by Crippen LogP contribution is -2.18. The van der Waals surface area contributed by atoms with Crippen molar-refractivity contribution < 1.29 is 4.79 Å². The van der Waals surface area contributed by atoms with Gasteiger partial charge >= 0.3 is 0 Å². The van der Waals surface area contributed by atoms with Crippen LogP contribution in [0.5, 0.6) is 0 Å². The highest BCUT2D eigenvalue weighted by Crippen LogP contribution is 2.20. The van der Waals surface area contributed by atoms with Crippen LogP contribution in [-0.4, -0.2) is 54.3 Å². The molecule has 136 valence electrons. The van der Waals surface area contributed by atoms with Gasteiger partial charge in [-0.3, -0.25) is 4.79 Å². The first-order valence-electron chi connectivity index (χ1n) is 8.18. The van der Waals surface area contributed by atoms with Crippen molar-refractivity contribution in [3.05, 3.63) is 54.4 Å². The van der Waals surface area contributed by atoms with Gasteiger partial charge in [-0.15, -0.1) is 0 Å². The number of hydrogen-bond donors (Lipinski definition) is 1. The zero-order valence-corrected chi connectivity index (χ0v) is 15.0. The number of amides is 1. The SMILES string of the molecule is Cc1cc2nc(NC(=O)c3ccnc(-n4cncn4)c3)cc(N(C)C)n2n1. The zero-order valence-electron chi connectivity index (χ0n) is 15.0. The van der Waals surface area contributed by atoms with Crippen LogP contribution >= 0.6 is 0 Å². The van der Waals surface area contributed by atoms with Crippen molar-refractivity contribution in [1.82, 2.24) is 34.3 Å². The number of aromatic nitrogens is 7.